The molecule has 1 amide bonds. The lowest BCUT2D eigenvalue weighted by atomic mass is 10.1. The first kappa shape index (κ1) is 15.9. The average Bonchev–Trinajstić information content (AvgIpc) is 3.31. The van der Waals surface area contributed by atoms with E-state index in [1.165, 1.54) is 23.1 Å². The zero-order chi connectivity index (χ0) is 16.6. The number of hydrogen-bond donors (Lipinski definition) is 0. The van der Waals surface area contributed by atoms with Crippen LogP contribution in [-0.4, -0.2) is 17.9 Å². The van der Waals surface area contributed by atoms with E-state index in [-0.39, 0.29) is 30.1 Å². The van der Waals surface area contributed by atoms with Gasteiger partial charge in [-0.1, -0.05) is 35.9 Å². The van der Waals surface area contributed by atoms with Gasteiger partial charge in [-0.25, -0.2) is 8.78 Å². The molecule has 0 aromatic heterocycles. The smallest absolute Gasteiger partial charge is 0.226 e. The van der Waals surface area contributed by atoms with Crippen molar-refractivity contribution in [1.82, 2.24) is 4.90 Å². The topological polar surface area (TPSA) is 20.3 Å². The molecule has 2 aromatic rings. The summed E-state index contributed by atoms with van der Waals surface area (Å²) in [6.45, 7) is 0.102. The quantitative estimate of drug-likeness (QED) is 0.812. The van der Waals surface area contributed by atoms with Gasteiger partial charge in [0.2, 0.25) is 5.91 Å². The van der Waals surface area contributed by atoms with Crippen LogP contribution in [0.15, 0.2) is 42.5 Å². The van der Waals surface area contributed by atoms with E-state index >= 15 is 0 Å². The molecule has 0 heterocycles. The lowest BCUT2D eigenvalue weighted by Gasteiger charge is -2.18. The summed E-state index contributed by atoms with van der Waals surface area (Å²) >= 11 is 5.99. The maximum atomic E-state index is 13.8. The summed E-state index contributed by atoms with van der Waals surface area (Å²) in [5.74, 6) is -1.17. The van der Waals surface area contributed by atoms with Gasteiger partial charge in [0.05, 0.1) is 0 Å². The predicted molar refractivity (Wildman–Crippen MR) is 85.1 cm³/mol. The van der Waals surface area contributed by atoms with Gasteiger partial charge in [0.1, 0.15) is 11.6 Å². The minimum atomic E-state index is -0.432. The Balaban J connectivity index is 1.69. The fraction of sp³-hybridized carbons (Fsp3) is 0.278. The molecule has 2 atom stereocenters. The largest absolute Gasteiger partial charge is 0.341 e. The van der Waals surface area contributed by atoms with E-state index < -0.39 is 5.82 Å². The summed E-state index contributed by atoms with van der Waals surface area (Å²) in [4.78, 5) is 13.9. The number of nitrogens with zero attached hydrogens (tertiary/aromatic N) is 1. The fourth-order valence-corrected chi connectivity index (χ4v) is 3.09. The van der Waals surface area contributed by atoms with Crippen LogP contribution in [-0.2, 0) is 11.3 Å². The Morgan fingerprint density at radius 3 is 2.57 bits per heavy atom. The van der Waals surface area contributed by atoms with Crippen LogP contribution in [0.3, 0.4) is 0 Å². The van der Waals surface area contributed by atoms with E-state index in [1.807, 2.05) is 0 Å². The standard InChI is InChI=1S/C18H16ClF2NO/c1-22(10-14-15(19)6-4-8-17(14)21)18(23)13-9-12(13)11-5-2-3-7-16(11)20/h2-8,12-13H,9-10H2,1H3. The van der Waals surface area contributed by atoms with Gasteiger partial charge < -0.3 is 4.90 Å². The van der Waals surface area contributed by atoms with Crippen molar-refractivity contribution < 1.29 is 13.6 Å². The second-order valence-corrected chi connectivity index (χ2v) is 6.27. The number of benzene rings is 2. The van der Waals surface area contributed by atoms with Crippen LogP contribution < -0.4 is 0 Å². The van der Waals surface area contributed by atoms with Crippen molar-refractivity contribution >= 4 is 17.5 Å². The molecule has 0 saturated heterocycles. The monoisotopic (exact) mass is 335 g/mol. The molecule has 1 aliphatic carbocycles. The Hall–Kier alpha value is -1.94. The van der Waals surface area contributed by atoms with Crippen molar-refractivity contribution in [1.29, 1.82) is 0 Å². The molecule has 1 saturated carbocycles. The maximum Gasteiger partial charge on any atom is 0.226 e. The molecule has 2 nitrogen and oxygen atoms in total. The summed E-state index contributed by atoms with van der Waals surface area (Å²) in [6.07, 6.45) is 0.620. The van der Waals surface area contributed by atoms with E-state index in [2.05, 4.69) is 0 Å². The highest BCUT2D eigenvalue weighted by Gasteiger charge is 2.46. The first-order valence-corrected chi connectivity index (χ1v) is 7.79. The van der Waals surface area contributed by atoms with Crippen LogP contribution >= 0.6 is 11.6 Å². The maximum absolute atomic E-state index is 13.8. The van der Waals surface area contributed by atoms with Gasteiger partial charge in [-0.15, -0.1) is 0 Å². The van der Waals surface area contributed by atoms with Crippen LogP contribution in [0.2, 0.25) is 5.02 Å². The Morgan fingerprint density at radius 2 is 1.87 bits per heavy atom. The zero-order valence-electron chi connectivity index (χ0n) is 12.6. The van der Waals surface area contributed by atoms with Crippen molar-refractivity contribution in [3.05, 3.63) is 70.2 Å². The minimum absolute atomic E-state index is 0.0951. The molecule has 120 valence electrons. The molecule has 3 rings (SSSR count). The van der Waals surface area contributed by atoms with Crippen LogP contribution in [0.1, 0.15) is 23.5 Å². The number of halogens is 3. The Morgan fingerprint density at radius 1 is 1.17 bits per heavy atom. The highest BCUT2D eigenvalue weighted by molar-refractivity contribution is 6.31. The molecule has 0 spiro atoms. The number of rotatable bonds is 4. The van der Waals surface area contributed by atoms with Gasteiger partial charge in [0.25, 0.3) is 0 Å². The number of hydrogen-bond acceptors (Lipinski definition) is 1. The van der Waals surface area contributed by atoms with Gasteiger partial charge in [-0.2, -0.15) is 0 Å². The lowest BCUT2D eigenvalue weighted by Crippen LogP contribution is -2.28. The van der Waals surface area contributed by atoms with Crippen molar-refractivity contribution in [2.75, 3.05) is 7.05 Å². The van der Waals surface area contributed by atoms with Gasteiger partial charge in [0, 0.05) is 30.1 Å². The van der Waals surface area contributed by atoms with E-state index in [0.717, 1.165) is 0 Å². The van der Waals surface area contributed by atoms with Crippen molar-refractivity contribution in [3.8, 4) is 0 Å². The zero-order valence-corrected chi connectivity index (χ0v) is 13.4. The highest BCUT2D eigenvalue weighted by Crippen LogP contribution is 2.49. The molecule has 0 radical (unpaired) electrons. The third-order valence-electron chi connectivity index (χ3n) is 4.25. The summed E-state index contributed by atoms with van der Waals surface area (Å²) < 4.78 is 27.6. The molecule has 1 fully saturated rings. The third-order valence-corrected chi connectivity index (χ3v) is 4.60. The van der Waals surface area contributed by atoms with Gasteiger partial charge in [0.15, 0.2) is 0 Å². The normalized spacial score (nSPS) is 19.5. The van der Waals surface area contributed by atoms with E-state index in [1.54, 1.807) is 31.3 Å². The van der Waals surface area contributed by atoms with Crippen LogP contribution in [0, 0.1) is 17.6 Å². The second-order valence-electron chi connectivity index (χ2n) is 5.86. The van der Waals surface area contributed by atoms with Crippen molar-refractivity contribution in [2.24, 2.45) is 5.92 Å². The van der Waals surface area contributed by atoms with E-state index in [4.69, 9.17) is 11.6 Å². The van der Waals surface area contributed by atoms with Crippen LogP contribution in [0.5, 0.6) is 0 Å². The van der Waals surface area contributed by atoms with E-state index in [0.29, 0.717) is 22.6 Å². The van der Waals surface area contributed by atoms with Gasteiger partial charge >= 0.3 is 0 Å². The molecule has 0 bridgehead atoms. The molecule has 2 unspecified atom stereocenters. The first-order chi connectivity index (χ1) is 11.0. The molecule has 5 heteroatoms. The van der Waals surface area contributed by atoms with Gasteiger partial charge in [-0.05, 0) is 36.1 Å². The minimum Gasteiger partial charge on any atom is -0.341 e. The Bertz CT molecular complexity index is 729. The summed E-state index contributed by atoms with van der Waals surface area (Å²) in [7, 11) is 1.61. The molecule has 1 aliphatic rings. The number of amides is 1. The molecule has 23 heavy (non-hydrogen) atoms. The summed E-state index contributed by atoms with van der Waals surface area (Å²) in [5.41, 5.74) is 0.872. The van der Waals surface area contributed by atoms with Crippen molar-refractivity contribution in [2.45, 2.75) is 18.9 Å². The molecule has 0 N–H and O–H groups in total. The predicted octanol–water partition coefficient (Wildman–Crippen LogP) is 4.38. The summed E-state index contributed by atoms with van der Waals surface area (Å²) in [5, 5.41) is 0.297. The number of carbonyl (C=O) groups is 1. The third kappa shape index (κ3) is 3.22. The van der Waals surface area contributed by atoms with E-state index in [9.17, 15) is 13.6 Å². The fourth-order valence-electron chi connectivity index (χ4n) is 2.87. The lowest BCUT2D eigenvalue weighted by molar-refractivity contribution is -0.131. The molecule has 2 aromatic carbocycles. The van der Waals surface area contributed by atoms with Crippen LogP contribution in [0.25, 0.3) is 0 Å². The number of carbonyl (C=O) groups excluding carboxylic acids is 1. The van der Waals surface area contributed by atoms with Crippen molar-refractivity contribution in [3.63, 3.8) is 0 Å². The Kier molecular flexibility index (Phi) is 4.35. The SMILES string of the molecule is CN(Cc1c(F)cccc1Cl)C(=O)C1CC1c1ccccc1F. The van der Waals surface area contributed by atoms with Crippen LogP contribution in [0.4, 0.5) is 8.78 Å². The second kappa shape index (κ2) is 6.28. The highest BCUT2D eigenvalue weighted by atomic mass is 35.5. The summed E-state index contributed by atoms with van der Waals surface area (Å²) in [6, 6.07) is 10.9. The van der Waals surface area contributed by atoms with Gasteiger partial charge in [-0.3, -0.25) is 4.79 Å². The average molecular weight is 336 g/mol. The molecule has 0 aliphatic heterocycles. The molecular weight excluding hydrogens is 320 g/mol. The molecular formula is C18H16ClF2NO. The Labute approximate surface area is 138 Å². The first-order valence-electron chi connectivity index (χ1n) is 7.41.